The molecule has 0 amide bonds. The minimum Gasteiger partial charge on any atom is -0.461 e. The zero-order chi connectivity index (χ0) is 29.9. The van der Waals surface area contributed by atoms with Crippen LogP contribution in [0.15, 0.2) is 28.3 Å². The first-order chi connectivity index (χ1) is 19.4. The normalized spacial score (nSPS) is 36.4. The van der Waals surface area contributed by atoms with Gasteiger partial charge in [0.2, 0.25) is 0 Å². The molecule has 41 heavy (non-hydrogen) atoms. The molecule has 6 nitrogen and oxygen atoms in total. The highest BCUT2D eigenvalue weighted by Crippen LogP contribution is 2.67. The van der Waals surface area contributed by atoms with Gasteiger partial charge in [0.1, 0.15) is 12.1 Å². The van der Waals surface area contributed by atoms with Crippen LogP contribution < -0.4 is 17.2 Å². The number of aliphatic imine (C=N–C) groups is 1. The molecule has 0 spiro atoms. The molecule has 0 unspecified atom stereocenters. The molecule has 4 aliphatic rings. The first kappa shape index (κ1) is 32.1. The third kappa shape index (κ3) is 6.73. The Labute approximate surface area is 250 Å². The Bertz CT molecular complexity index is 1010. The van der Waals surface area contributed by atoms with E-state index in [0.717, 1.165) is 48.9 Å². The third-order valence-corrected chi connectivity index (χ3v) is 12.4. The summed E-state index contributed by atoms with van der Waals surface area (Å²) in [5.74, 6) is 4.52. The lowest BCUT2D eigenvalue weighted by atomic mass is 9.47. The van der Waals surface area contributed by atoms with Gasteiger partial charge in [-0.1, -0.05) is 57.9 Å². The fraction of sp³-hybridized carbons (Fsp3) is 0.829. The smallest absolute Gasteiger partial charge is 0.323 e. The lowest BCUT2D eigenvalue weighted by Gasteiger charge is -2.58. The fourth-order valence-electron chi connectivity index (χ4n) is 9.95. The molecule has 0 saturated heterocycles. The van der Waals surface area contributed by atoms with Crippen molar-refractivity contribution in [1.29, 1.82) is 0 Å². The summed E-state index contributed by atoms with van der Waals surface area (Å²) >= 11 is 0. The number of hydrogen-bond acceptors (Lipinski definition) is 4. The fourth-order valence-corrected chi connectivity index (χ4v) is 9.95. The maximum atomic E-state index is 12.7. The molecule has 232 valence electrons. The number of carbonyl (C=O) groups excluding carboxylic acids is 1. The van der Waals surface area contributed by atoms with Gasteiger partial charge in [-0.25, -0.2) is 0 Å². The van der Waals surface area contributed by atoms with Crippen LogP contribution >= 0.6 is 0 Å². The highest BCUT2D eigenvalue weighted by molar-refractivity contribution is 5.76. The highest BCUT2D eigenvalue weighted by atomic mass is 16.5. The Kier molecular flexibility index (Phi) is 10.4. The van der Waals surface area contributed by atoms with Crippen LogP contribution in [-0.2, 0) is 9.53 Å². The van der Waals surface area contributed by atoms with Crippen LogP contribution in [0.3, 0.4) is 0 Å². The molecule has 0 heterocycles. The second-order valence-corrected chi connectivity index (χ2v) is 14.9. The molecule has 4 rings (SSSR count). The number of rotatable bonds is 11. The SMILES string of the molecule is CC=C(CC[C@@H](C)[C@H]1CC[C@H]2[C@@H]3CC=C4C[C@@H](OC(=O)[C@H](N)CCCN=C(N)N)CC[C@]4(C)[C@H]3CC[C@]12C)C(C)C. The summed E-state index contributed by atoms with van der Waals surface area (Å²) in [6.45, 7) is 15.1. The molecule has 0 aromatic heterocycles. The Morgan fingerprint density at radius 1 is 1.10 bits per heavy atom. The molecule has 6 heteroatoms. The number of nitrogens with two attached hydrogens (primary N) is 3. The molecule has 0 radical (unpaired) electrons. The molecule has 9 atom stereocenters. The van der Waals surface area contributed by atoms with E-state index in [1.54, 1.807) is 11.1 Å². The first-order valence-electron chi connectivity index (χ1n) is 16.8. The Morgan fingerprint density at radius 2 is 1.85 bits per heavy atom. The number of carbonyl (C=O) groups is 1. The van der Waals surface area contributed by atoms with E-state index in [-0.39, 0.29) is 23.4 Å². The van der Waals surface area contributed by atoms with E-state index in [0.29, 0.717) is 30.7 Å². The van der Waals surface area contributed by atoms with E-state index in [2.05, 4.69) is 58.7 Å². The van der Waals surface area contributed by atoms with Gasteiger partial charge in [-0.15, -0.1) is 0 Å². The number of allylic oxidation sites excluding steroid dienone is 3. The number of ether oxygens (including phenoxy) is 1. The van der Waals surface area contributed by atoms with E-state index in [9.17, 15) is 4.79 Å². The van der Waals surface area contributed by atoms with Gasteiger partial charge in [-0.2, -0.15) is 0 Å². The van der Waals surface area contributed by atoms with Crippen molar-refractivity contribution < 1.29 is 9.53 Å². The van der Waals surface area contributed by atoms with Crippen LogP contribution in [0.1, 0.15) is 119 Å². The van der Waals surface area contributed by atoms with Crippen LogP contribution in [0.4, 0.5) is 0 Å². The summed E-state index contributed by atoms with van der Waals surface area (Å²) in [7, 11) is 0. The predicted octanol–water partition coefficient (Wildman–Crippen LogP) is 6.88. The molecule has 0 aliphatic heterocycles. The summed E-state index contributed by atoms with van der Waals surface area (Å²) in [5.41, 5.74) is 20.8. The summed E-state index contributed by atoms with van der Waals surface area (Å²) in [4.78, 5) is 16.7. The zero-order valence-corrected chi connectivity index (χ0v) is 27.0. The molecule has 3 fully saturated rings. The molecule has 0 aromatic carbocycles. The van der Waals surface area contributed by atoms with Crippen molar-refractivity contribution in [3.8, 4) is 0 Å². The van der Waals surface area contributed by atoms with Gasteiger partial charge in [0.05, 0.1) is 0 Å². The first-order valence-corrected chi connectivity index (χ1v) is 16.8. The van der Waals surface area contributed by atoms with Crippen LogP contribution in [-0.4, -0.2) is 30.6 Å². The number of esters is 1. The van der Waals surface area contributed by atoms with Gasteiger partial charge < -0.3 is 21.9 Å². The summed E-state index contributed by atoms with van der Waals surface area (Å²) < 4.78 is 5.96. The molecular formula is C35H60N4O2. The van der Waals surface area contributed by atoms with Crippen LogP contribution in [0.25, 0.3) is 0 Å². The van der Waals surface area contributed by atoms with Gasteiger partial charge in [0.15, 0.2) is 5.96 Å². The highest BCUT2D eigenvalue weighted by Gasteiger charge is 2.59. The monoisotopic (exact) mass is 568 g/mol. The largest absolute Gasteiger partial charge is 0.461 e. The van der Waals surface area contributed by atoms with Gasteiger partial charge in [-0.3, -0.25) is 9.79 Å². The van der Waals surface area contributed by atoms with Gasteiger partial charge >= 0.3 is 5.97 Å². The van der Waals surface area contributed by atoms with Crippen molar-refractivity contribution in [3.05, 3.63) is 23.3 Å². The topological polar surface area (TPSA) is 117 Å². The number of fused-ring (bicyclic) bond motifs is 5. The summed E-state index contributed by atoms with van der Waals surface area (Å²) in [6, 6.07) is -0.620. The predicted molar refractivity (Wildman–Crippen MR) is 170 cm³/mol. The number of guanidine groups is 1. The Balaban J connectivity index is 1.36. The van der Waals surface area contributed by atoms with E-state index in [1.807, 2.05) is 0 Å². The van der Waals surface area contributed by atoms with E-state index in [4.69, 9.17) is 21.9 Å². The van der Waals surface area contributed by atoms with Crippen molar-refractivity contribution in [2.24, 2.45) is 68.5 Å². The standard InChI is InChI=1S/C35H60N4O2/c1-7-24(22(2)3)11-10-23(4)28-14-15-29-27-13-12-25-21-26(41-32(40)31(36)9-8-20-39-33(37)38)16-18-34(25,5)30(27)17-19-35(28,29)6/h7,12,22-23,26-31H,8-11,13-21,36H2,1-6H3,(H4,37,38,39)/t23-,26+,27+,28-,29+,30+,31-,34+,35-/m1/s1. The van der Waals surface area contributed by atoms with Crippen molar-refractivity contribution in [2.75, 3.05) is 6.54 Å². The minimum absolute atomic E-state index is 0.0550. The maximum Gasteiger partial charge on any atom is 0.323 e. The Hall–Kier alpha value is -1.82. The van der Waals surface area contributed by atoms with Crippen molar-refractivity contribution in [2.45, 2.75) is 131 Å². The Morgan fingerprint density at radius 3 is 2.54 bits per heavy atom. The molecule has 3 saturated carbocycles. The minimum atomic E-state index is -0.620. The average Bonchev–Trinajstić information content (AvgIpc) is 3.28. The quantitative estimate of drug-likeness (QED) is 0.0826. The third-order valence-electron chi connectivity index (χ3n) is 12.4. The number of nitrogens with zero attached hydrogens (tertiary/aromatic N) is 1. The van der Waals surface area contributed by atoms with Crippen molar-refractivity contribution >= 4 is 11.9 Å². The molecule has 0 bridgehead atoms. The zero-order valence-electron chi connectivity index (χ0n) is 27.0. The summed E-state index contributed by atoms with van der Waals surface area (Å²) in [6.07, 6.45) is 18.3. The van der Waals surface area contributed by atoms with Crippen LogP contribution in [0.5, 0.6) is 0 Å². The summed E-state index contributed by atoms with van der Waals surface area (Å²) in [5, 5.41) is 0. The van der Waals surface area contributed by atoms with Gasteiger partial charge in [-0.05, 0) is 124 Å². The molecular weight excluding hydrogens is 508 g/mol. The van der Waals surface area contributed by atoms with Gasteiger partial charge in [0.25, 0.3) is 0 Å². The molecule has 0 aromatic rings. The maximum absolute atomic E-state index is 12.7. The molecule has 6 N–H and O–H groups in total. The van der Waals surface area contributed by atoms with Crippen LogP contribution in [0, 0.1) is 46.3 Å². The lowest BCUT2D eigenvalue weighted by Crippen LogP contribution is -2.51. The number of hydrogen-bond donors (Lipinski definition) is 3. The van der Waals surface area contributed by atoms with E-state index in [1.165, 1.54) is 44.9 Å². The molecule has 4 aliphatic carbocycles. The van der Waals surface area contributed by atoms with E-state index < -0.39 is 6.04 Å². The average molecular weight is 569 g/mol. The van der Waals surface area contributed by atoms with Crippen LogP contribution in [0.2, 0.25) is 0 Å². The van der Waals surface area contributed by atoms with Crippen molar-refractivity contribution in [3.63, 3.8) is 0 Å². The van der Waals surface area contributed by atoms with Gasteiger partial charge in [0, 0.05) is 13.0 Å². The second-order valence-electron chi connectivity index (χ2n) is 14.9. The lowest BCUT2D eigenvalue weighted by molar-refractivity contribution is -0.153. The van der Waals surface area contributed by atoms with E-state index >= 15 is 0 Å². The van der Waals surface area contributed by atoms with Crippen molar-refractivity contribution in [1.82, 2.24) is 0 Å². The second kappa shape index (κ2) is 13.2.